The third-order valence-corrected chi connectivity index (χ3v) is 5.03. The Balaban J connectivity index is 1.62. The number of nitrogens with zero attached hydrogens (tertiary/aromatic N) is 2. The van der Waals surface area contributed by atoms with E-state index in [1.807, 2.05) is 54.1 Å². The largest absolute Gasteiger partial charge is 0.325 e. The maximum absolute atomic E-state index is 13.0. The fourth-order valence-corrected chi connectivity index (χ4v) is 3.38. The number of benzene rings is 2. The molecule has 0 saturated carbocycles. The number of Topliss-reactive ketones (excluding diaryl/α,β-unsaturated/α-hetero) is 1. The molecule has 0 fully saturated rings. The van der Waals surface area contributed by atoms with E-state index in [1.54, 1.807) is 12.5 Å². The predicted octanol–water partition coefficient (Wildman–Crippen LogP) is 5.15. The van der Waals surface area contributed by atoms with Crippen molar-refractivity contribution < 1.29 is 9.59 Å². The summed E-state index contributed by atoms with van der Waals surface area (Å²) in [5.41, 5.74) is 0.794. The normalized spacial score (nSPS) is 12.0. The third kappa shape index (κ3) is 5.28. The van der Waals surface area contributed by atoms with Crippen LogP contribution in [0.4, 0.5) is 5.69 Å². The molecule has 5 nitrogen and oxygen atoms in total. The Kier molecular flexibility index (Phi) is 6.95. The molecule has 2 aromatic carbocycles. The summed E-state index contributed by atoms with van der Waals surface area (Å²) in [4.78, 5) is 28.5. The van der Waals surface area contributed by atoms with Gasteiger partial charge in [0.2, 0.25) is 5.91 Å². The Morgan fingerprint density at radius 2 is 1.89 bits per heavy atom. The number of amides is 1. The first-order valence-electron chi connectivity index (χ1n) is 9.96. The van der Waals surface area contributed by atoms with Crippen molar-refractivity contribution >= 4 is 28.2 Å². The highest BCUT2D eigenvalue weighted by Crippen LogP contribution is 2.22. The number of carbonyl (C=O) groups excluding carboxylic acids is 2. The van der Waals surface area contributed by atoms with Crippen LogP contribution in [0.1, 0.15) is 51.5 Å². The lowest BCUT2D eigenvalue weighted by Gasteiger charge is -2.18. The van der Waals surface area contributed by atoms with Crippen LogP contribution in [-0.4, -0.2) is 21.2 Å². The number of rotatable bonds is 10. The molecule has 3 rings (SSSR count). The second-order valence-electron chi connectivity index (χ2n) is 7.07. The van der Waals surface area contributed by atoms with Crippen molar-refractivity contribution in [1.29, 1.82) is 0 Å². The summed E-state index contributed by atoms with van der Waals surface area (Å²) < 4.78 is 1.85. The number of hydrogen-bond donors (Lipinski definition) is 1. The van der Waals surface area contributed by atoms with Crippen LogP contribution in [0.25, 0.3) is 10.8 Å². The van der Waals surface area contributed by atoms with E-state index in [-0.39, 0.29) is 11.9 Å². The highest BCUT2D eigenvalue weighted by molar-refractivity contribution is 5.96. The highest BCUT2D eigenvalue weighted by Gasteiger charge is 2.20. The number of ketones is 1. The van der Waals surface area contributed by atoms with Gasteiger partial charge in [-0.25, -0.2) is 4.98 Å². The van der Waals surface area contributed by atoms with E-state index in [9.17, 15) is 9.59 Å². The molecular weight excluding hydrogens is 350 g/mol. The van der Waals surface area contributed by atoms with Crippen molar-refractivity contribution in [2.24, 2.45) is 0 Å². The van der Waals surface area contributed by atoms with Crippen molar-refractivity contribution in [2.45, 2.75) is 51.5 Å². The average Bonchev–Trinajstić information content (AvgIpc) is 3.24. The van der Waals surface area contributed by atoms with E-state index in [0.717, 1.165) is 42.1 Å². The molecule has 0 aliphatic heterocycles. The van der Waals surface area contributed by atoms with Crippen molar-refractivity contribution in [2.75, 3.05) is 5.32 Å². The fraction of sp³-hybridized carbons (Fsp3) is 0.348. The summed E-state index contributed by atoms with van der Waals surface area (Å²) in [5.74, 6) is 0.262. The standard InChI is InChI=1S/C23H27N3O2/c1-2-21(27)10-4-3-5-11-22(26-15-14-24-17-26)23(28)25-20-13-12-18-8-6-7-9-19(18)16-20/h6-9,12-17,22H,2-5,10-11H2,1H3,(H,25,28). The molecular formula is C23H27N3O2. The fourth-order valence-electron chi connectivity index (χ4n) is 3.38. The van der Waals surface area contributed by atoms with Crippen LogP contribution in [0.3, 0.4) is 0 Å². The number of hydrogen-bond acceptors (Lipinski definition) is 3. The topological polar surface area (TPSA) is 64.0 Å². The number of fused-ring (bicyclic) bond motifs is 1. The molecule has 1 heterocycles. The van der Waals surface area contributed by atoms with Crippen molar-refractivity contribution in [3.63, 3.8) is 0 Å². The molecule has 1 aromatic heterocycles. The number of unbranched alkanes of at least 4 members (excludes halogenated alkanes) is 2. The van der Waals surface area contributed by atoms with Gasteiger partial charge in [-0.05, 0) is 35.7 Å². The lowest BCUT2D eigenvalue weighted by molar-refractivity contribution is -0.120. The summed E-state index contributed by atoms with van der Waals surface area (Å²) in [6.45, 7) is 1.90. The van der Waals surface area contributed by atoms with Gasteiger partial charge >= 0.3 is 0 Å². The Labute approximate surface area is 165 Å². The molecule has 0 spiro atoms. The Hall–Kier alpha value is -2.95. The van der Waals surface area contributed by atoms with Crippen LogP contribution in [0.2, 0.25) is 0 Å². The van der Waals surface area contributed by atoms with Crippen LogP contribution in [0.15, 0.2) is 61.2 Å². The quantitative estimate of drug-likeness (QED) is 0.497. The zero-order valence-electron chi connectivity index (χ0n) is 16.3. The maximum Gasteiger partial charge on any atom is 0.247 e. The van der Waals surface area contributed by atoms with Gasteiger partial charge in [0, 0.05) is 30.9 Å². The van der Waals surface area contributed by atoms with Crippen molar-refractivity contribution in [3.05, 3.63) is 61.2 Å². The van der Waals surface area contributed by atoms with Gasteiger partial charge in [-0.15, -0.1) is 0 Å². The summed E-state index contributed by atoms with van der Waals surface area (Å²) in [5, 5.41) is 5.29. The van der Waals surface area contributed by atoms with E-state index in [1.165, 1.54) is 0 Å². The summed E-state index contributed by atoms with van der Waals surface area (Å²) >= 11 is 0. The molecule has 1 N–H and O–H groups in total. The van der Waals surface area contributed by atoms with Crippen LogP contribution in [0, 0.1) is 0 Å². The monoisotopic (exact) mass is 377 g/mol. The predicted molar refractivity (Wildman–Crippen MR) is 112 cm³/mol. The molecule has 0 saturated heterocycles. The van der Waals surface area contributed by atoms with Crippen molar-refractivity contribution in [3.8, 4) is 0 Å². The zero-order chi connectivity index (χ0) is 19.8. The molecule has 3 aromatic rings. The van der Waals surface area contributed by atoms with Gasteiger partial charge in [0.05, 0.1) is 6.33 Å². The Bertz CT molecular complexity index is 919. The number of nitrogens with one attached hydrogen (secondary N) is 1. The second kappa shape index (κ2) is 9.83. The molecule has 1 atom stereocenters. The Morgan fingerprint density at radius 3 is 2.64 bits per heavy atom. The van der Waals surface area contributed by atoms with Crippen LogP contribution in [-0.2, 0) is 9.59 Å². The number of imidazole rings is 1. The van der Waals surface area contributed by atoms with Crippen molar-refractivity contribution in [1.82, 2.24) is 9.55 Å². The van der Waals surface area contributed by atoms with Crippen LogP contribution in [0.5, 0.6) is 0 Å². The van der Waals surface area contributed by atoms with Gasteiger partial charge in [-0.1, -0.05) is 50.1 Å². The lowest BCUT2D eigenvalue weighted by Crippen LogP contribution is -2.25. The molecule has 28 heavy (non-hydrogen) atoms. The van der Waals surface area contributed by atoms with E-state index >= 15 is 0 Å². The van der Waals surface area contributed by atoms with Crippen LogP contribution < -0.4 is 5.32 Å². The molecule has 5 heteroatoms. The minimum atomic E-state index is -0.309. The van der Waals surface area contributed by atoms with Gasteiger partial charge in [-0.2, -0.15) is 0 Å². The van der Waals surface area contributed by atoms with Crippen LogP contribution >= 0.6 is 0 Å². The zero-order valence-corrected chi connectivity index (χ0v) is 16.3. The second-order valence-corrected chi connectivity index (χ2v) is 7.07. The molecule has 1 amide bonds. The number of anilines is 1. The minimum absolute atomic E-state index is 0.0436. The van der Waals surface area contributed by atoms with E-state index < -0.39 is 0 Å². The molecule has 0 aliphatic rings. The number of carbonyl (C=O) groups is 2. The highest BCUT2D eigenvalue weighted by atomic mass is 16.2. The minimum Gasteiger partial charge on any atom is -0.325 e. The summed E-state index contributed by atoms with van der Waals surface area (Å²) in [6.07, 6.45) is 9.88. The molecule has 146 valence electrons. The molecule has 0 aliphatic carbocycles. The Morgan fingerprint density at radius 1 is 1.07 bits per heavy atom. The van der Waals surface area contributed by atoms with Gasteiger partial charge in [-0.3, -0.25) is 9.59 Å². The first kappa shape index (κ1) is 19.8. The van der Waals surface area contributed by atoms with Gasteiger partial charge in [0.1, 0.15) is 11.8 Å². The lowest BCUT2D eigenvalue weighted by atomic mass is 10.0. The van der Waals surface area contributed by atoms with E-state index in [4.69, 9.17) is 0 Å². The maximum atomic E-state index is 13.0. The van der Waals surface area contributed by atoms with Gasteiger partial charge < -0.3 is 9.88 Å². The first-order chi connectivity index (χ1) is 13.7. The first-order valence-corrected chi connectivity index (χ1v) is 9.96. The third-order valence-electron chi connectivity index (χ3n) is 5.03. The van der Waals surface area contributed by atoms with Gasteiger partial charge in [0.15, 0.2) is 0 Å². The number of aromatic nitrogens is 2. The molecule has 0 radical (unpaired) electrons. The summed E-state index contributed by atoms with van der Waals surface area (Å²) in [7, 11) is 0. The molecule has 0 bridgehead atoms. The van der Waals surface area contributed by atoms with E-state index in [0.29, 0.717) is 18.6 Å². The van der Waals surface area contributed by atoms with E-state index in [2.05, 4.69) is 16.4 Å². The molecule has 1 unspecified atom stereocenters. The SMILES string of the molecule is CCC(=O)CCCCCC(C(=O)Nc1ccc2ccccc2c1)n1ccnc1. The van der Waals surface area contributed by atoms with Gasteiger partial charge in [0.25, 0.3) is 0 Å². The summed E-state index contributed by atoms with van der Waals surface area (Å²) in [6, 6.07) is 13.7. The smallest absolute Gasteiger partial charge is 0.247 e. The average molecular weight is 377 g/mol.